The quantitative estimate of drug-likeness (QED) is 0.867. The molecule has 1 aromatic heterocycles. The topological polar surface area (TPSA) is 78.8 Å². The van der Waals surface area contributed by atoms with E-state index >= 15 is 0 Å². The molecular weight excluding hydrogens is 254 g/mol. The summed E-state index contributed by atoms with van der Waals surface area (Å²) in [7, 11) is 1.64. The molecular formula is C14H19N5O. The molecule has 1 fully saturated rings. The van der Waals surface area contributed by atoms with Crippen LogP contribution in [-0.4, -0.2) is 27.3 Å². The number of tetrazole rings is 1. The van der Waals surface area contributed by atoms with E-state index in [1.54, 1.807) is 7.11 Å². The Hall–Kier alpha value is -2.11. The van der Waals surface area contributed by atoms with Crippen molar-refractivity contribution in [1.82, 2.24) is 20.2 Å². The van der Waals surface area contributed by atoms with Crippen molar-refractivity contribution in [2.24, 2.45) is 0 Å². The Kier molecular flexibility index (Phi) is 3.08. The zero-order valence-corrected chi connectivity index (χ0v) is 11.8. The Bertz CT molecular complexity index is 616. The van der Waals surface area contributed by atoms with Crippen LogP contribution in [0.1, 0.15) is 32.6 Å². The van der Waals surface area contributed by atoms with Gasteiger partial charge >= 0.3 is 0 Å². The van der Waals surface area contributed by atoms with Gasteiger partial charge in [0.15, 0.2) is 5.82 Å². The molecule has 20 heavy (non-hydrogen) atoms. The molecule has 1 aliphatic carbocycles. The summed E-state index contributed by atoms with van der Waals surface area (Å²) >= 11 is 0. The fourth-order valence-electron chi connectivity index (χ4n) is 2.92. The van der Waals surface area contributed by atoms with Crippen LogP contribution in [0, 0.1) is 0 Å². The van der Waals surface area contributed by atoms with Gasteiger partial charge in [0, 0.05) is 11.3 Å². The van der Waals surface area contributed by atoms with Crippen LogP contribution in [0.15, 0.2) is 18.2 Å². The summed E-state index contributed by atoms with van der Waals surface area (Å²) in [5.41, 5.74) is 7.54. The summed E-state index contributed by atoms with van der Waals surface area (Å²) in [5, 5.41) is 12.2. The van der Waals surface area contributed by atoms with Crippen LogP contribution in [0.25, 0.3) is 11.4 Å². The SMILES string of the molecule is COc1ccc(N)c(-c2nnnn2C2(C)CCCC2)c1. The van der Waals surface area contributed by atoms with Gasteiger partial charge in [-0.2, -0.15) is 0 Å². The highest BCUT2D eigenvalue weighted by Gasteiger charge is 2.34. The number of hydrogen-bond acceptors (Lipinski definition) is 5. The van der Waals surface area contributed by atoms with Crippen LogP contribution in [-0.2, 0) is 5.54 Å². The van der Waals surface area contributed by atoms with Crippen molar-refractivity contribution in [2.45, 2.75) is 38.1 Å². The number of methoxy groups -OCH3 is 1. The highest BCUT2D eigenvalue weighted by Crippen LogP contribution is 2.39. The van der Waals surface area contributed by atoms with Gasteiger partial charge in [-0.3, -0.25) is 0 Å². The molecule has 2 N–H and O–H groups in total. The van der Waals surface area contributed by atoms with Crippen molar-refractivity contribution in [3.8, 4) is 17.1 Å². The van der Waals surface area contributed by atoms with Gasteiger partial charge in [0.2, 0.25) is 0 Å². The number of ether oxygens (including phenoxy) is 1. The molecule has 0 bridgehead atoms. The van der Waals surface area contributed by atoms with Crippen LogP contribution < -0.4 is 10.5 Å². The maximum atomic E-state index is 6.08. The molecule has 1 saturated carbocycles. The second-order valence-corrected chi connectivity index (χ2v) is 5.57. The van der Waals surface area contributed by atoms with E-state index in [0.717, 1.165) is 24.2 Å². The summed E-state index contributed by atoms with van der Waals surface area (Å²) in [6.45, 7) is 2.20. The first-order chi connectivity index (χ1) is 9.64. The third kappa shape index (κ3) is 2.01. The molecule has 0 radical (unpaired) electrons. The molecule has 0 saturated heterocycles. The third-order valence-corrected chi connectivity index (χ3v) is 4.16. The third-order valence-electron chi connectivity index (χ3n) is 4.16. The maximum absolute atomic E-state index is 6.08. The second kappa shape index (κ2) is 4.77. The normalized spacial score (nSPS) is 17.3. The number of benzene rings is 1. The van der Waals surface area contributed by atoms with E-state index in [1.165, 1.54) is 12.8 Å². The summed E-state index contributed by atoms with van der Waals surface area (Å²) in [5.74, 6) is 1.46. The number of anilines is 1. The molecule has 6 nitrogen and oxygen atoms in total. The summed E-state index contributed by atoms with van der Waals surface area (Å²) in [4.78, 5) is 0. The molecule has 1 aliphatic rings. The monoisotopic (exact) mass is 273 g/mol. The van der Waals surface area contributed by atoms with E-state index in [9.17, 15) is 0 Å². The fourth-order valence-corrected chi connectivity index (χ4v) is 2.92. The van der Waals surface area contributed by atoms with Gasteiger partial charge in [-0.05, 0) is 48.4 Å². The zero-order chi connectivity index (χ0) is 14.2. The summed E-state index contributed by atoms with van der Waals surface area (Å²) < 4.78 is 7.19. The molecule has 0 atom stereocenters. The highest BCUT2D eigenvalue weighted by atomic mass is 16.5. The van der Waals surface area contributed by atoms with E-state index in [0.29, 0.717) is 11.5 Å². The van der Waals surface area contributed by atoms with Crippen molar-refractivity contribution in [2.75, 3.05) is 12.8 Å². The molecule has 0 aliphatic heterocycles. The Morgan fingerprint density at radius 2 is 2.05 bits per heavy atom. The highest BCUT2D eigenvalue weighted by molar-refractivity contribution is 5.73. The lowest BCUT2D eigenvalue weighted by Gasteiger charge is -2.25. The smallest absolute Gasteiger partial charge is 0.184 e. The predicted octanol–water partition coefficient (Wildman–Crippen LogP) is 2.22. The van der Waals surface area contributed by atoms with Gasteiger partial charge in [0.1, 0.15) is 5.75 Å². The molecule has 0 spiro atoms. The van der Waals surface area contributed by atoms with Gasteiger partial charge in [-0.25, -0.2) is 4.68 Å². The number of aromatic nitrogens is 4. The van der Waals surface area contributed by atoms with E-state index in [2.05, 4.69) is 22.4 Å². The number of nitrogen functional groups attached to an aromatic ring is 1. The van der Waals surface area contributed by atoms with Gasteiger partial charge in [-0.1, -0.05) is 12.8 Å². The Labute approximate surface area is 117 Å². The van der Waals surface area contributed by atoms with Crippen LogP contribution in [0.5, 0.6) is 5.75 Å². The molecule has 0 unspecified atom stereocenters. The molecule has 1 heterocycles. The second-order valence-electron chi connectivity index (χ2n) is 5.57. The predicted molar refractivity (Wildman–Crippen MR) is 76.3 cm³/mol. The number of nitrogens with two attached hydrogens (primary N) is 1. The maximum Gasteiger partial charge on any atom is 0.184 e. The van der Waals surface area contributed by atoms with Crippen molar-refractivity contribution in [1.29, 1.82) is 0 Å². The minimum absolute atomic E-state index is 0.0195. The van der Waals surface area contributed by atoms with Gasteiger partial charge < -0.3 is 10.5 Å². The minimum Gasteiger partial charge on any atom is -0.497 e. The summed E-state index contributed by atoms with van der Waals surface area (Å²) in [6, 6.07) is 5.55. The van der Waals surface area contributed by atoms with E-state index in [1.807, 2.05) is 22.9 Å². The molecule has 6 heteroatoms. The first-order valence-corrected chi connectivity index (χ1v) is 6.87. The zero-order valence-electron chi connectivity index (χ0n) is 11.8. The van der Waals surface area contributed by atoms with Crippen LogP contribution in [0.3, 0.4) is 0 Å². The largest absolute Gasteiger partial charge is 0.497 e. The van der Waals surface area contributed by atoms with E-state index < -0.39 is 0 Å². The number of nitrogens with zero attached hydrogens (tertiary/aromatic N) is 4. The standard InChI is InChI=1S/C14H19N5O/c1-14(7-3-4-8-14)19-13(16-17-18-19)11-9-10(20-2)5-6-12(11)15/h5-6,9H,3-4,7-8,15H2,1-2H3. The first-order valence-electron chi connectivity index (χ1n) is 6.87. The van der Waals surface area contributed by atoms with Gasteiger partial charge in [0.05, 0.1) is 12.6 Å². The Balaban J connectivity index is 2.10. The van der Waals surface area contributed by atoms with Crippen LogP contribution in [0.2, 0.25) is 0 Å². The molecule has 0 amide bonds. The fraction of sp³-hybridized carbons (Fsp3) is 0.500. The Morgan fingerprint density at radius 1 is 1.30 bits per heavy atom. The lowest BCUT2D eigenvalue weighted by Crippen LogP contribution is -2.28. The average Bonchev–Trinajstić information content (AvgIpc) is 3.09. The van der Waals surface area contributed by atoms with Crippen LogP contribution in [0.4, 0.5) is 5.69 Å². The molecule has 106 valence electrons. The average molecular weight is 273 g/mol. The first kappa shape index (κ1) is 12.9. The molecule has 2 aromatic rings. The van der Waals surface area contributed by atoms with Crippen molar-refractivity contribution in [3.05, 3.63) is 18.2 Å². The Morgan fingerprint density at radius 3 is 2.75 bits per heavy atom. The lowest BCUT2D eigenvalue weighted by molar-refractivity contribution is 0.292. The van der Waals surface area contributed by atoms with Crippen molar-refractivity contribution >= 4 is 5.69 Å². The van der Waals surface area contributed by atoms with Crippen molar-refractivity contribution in [3.63, 3.8) is 0 Å². The van der Waals surface area contributed by atoms with Crippen LogP contribution >= 0.6 is 0 Å². The number of hydrogen-bond donors (Lipinski definition) is 1. The van der Waals surface area contributed by atoms with E-state index in [4.69, 9.17) is 10.5 Å². The molecule has 1 aromatic carbocycles. The van der Waals surface area contributed by atoms with Gasteiger partial charge in [0.25, 0.3) is 0 Å². The lowest BCUT2D eigenvalue weighted by atomic mass is 10.00. The summed E-state index contributed by atoms with van der Waals surface area (Å²) in [6.07, 6.45) is 4.61. The van der Waals surface area contributed by atoms with Crippen molar-refractivity contribution < 1.29 is 4.74 Å². The minimum atomic E-state index is -0.0195. The molecule has 3 rings (SSSR count). The number of rotatable bonds is 3. The van der Waals surface area contributed by atoms with Gasteiger partial charge in [-0.15, -0.1) is 5.10 Å². The van der Waals surface area contributed by atoms with E-state index in [-0.39, 0.29) is 5.54 Å².